The van der Waals surface area contributed by atoms with E-state index in [-0.39, 0.29) is 0 Å². The lowest BCUT2D eigenvalue weighted by Crippen LogP contribution is -2.09. The number of hydrogen-bond acceptors (Lipinski definition) is 3. The molecule has 1 N–H and O–H groups in total. The van der Waals surface area contributed by atoms with Gasteiger partial charge in [0.05, 0.1) is 0 Å². The second kappa shape index (κ2) is 5.54. The van der Waals surface area contributed by atoms with Crippen molar-refractivity contribution in [3.8, 4) is 0 Å². The summed E-state index contributed by atoms with van der Waals surface area (Å²) in [6.45, 7) is 2.93. The third-order valence-corrected chi connectivity index (χ3v) is 2.93. The van der Waals surface area contributed by atoms with Gasteiger partial charge in [-0.2, -0.15) is 0 Å². The summed E-state index contributed by atoms with van der Waals surface area (Å²) >= 11 is 0. The zero-order chi connectivity index (χ0) is 13.0. The molecule has 0 unspecified atom stereocenters. The molecule has 0 saturated carbocycles. The van der Waals surface area contributed by atoms with Gasteiger partial charge < -0.3 is 10.2 Å². The minimum Gasteiger partial charge on any atom is -0.381 e. The van der Waals surface area contributed by atoms with Crippen LogP contribution in [0, 0.1) is 6.92 Å². The SMILES string of the molecule is Cc1cc(N(C)C)ccc1NCc1cccnc1. The monoisotopic (exact) mass is 241 g/mol. The highest BCUT2D eigenvalue weighted by Crippen LogP contribution is 2.21. The number of anilines is 2. The van der Waals surface area contributed by atoms with Crippen LogP contribution in [0.2, 0.25) is 0 Å². The van der Waals surface area contributed by atoms with Crippen molar-refractivity contribution in [1.29, 1.82) is 0 Å². The summed E-state index contributed by atoms with van der Waals surface area (Å²) in [5.74, 6) is 0. The van der Waals surface area contributed by atoms with Crippen molar-refractivity contribution in [1.82, 2.24) is 4.98 Å². The molecule has 0 radical (unpaired) electrons. The number of aryl methyl sites for hydroxylation is 1. The molecule has 0 bridgehead atoms. The van der Waals surface area contributed by atoms with Gasteiger partial charge >= 0.3 is 0 Å². The summed E-state index contributed by atoms with van der Waals surface area (Å²) < 4.78 is 0. The Morgan fingerprint density at radius 2 is 2.06 bits per heavy atom. The first kappa shape index (κ1) is 12.4. The lowest BCUT2D eigenvalue weighted by molar-refractivity contribution is 1.10. The van der Waals surface area contributed by atoms with E-state index >= 15 is 0 Å². The minimum atomic E-state index is 0.802. The van der Waals surface area contributed by atoms with Crippen LogP contribution in [-0.2, 0) is 6.54 Å². The highest BCUT2D eigenvalue weighted by Gasteiger charge is 2.01. The van der Waals surface area contributed by atoms with Crippen LogP contribution in [0.15, 0.2) is 42.7 Å². The van der Waals surface area contributed by atoms with Crippen molar-refractivity contribution in [2.45, 2.75) is 13.5 Å². The van der Waals surface area contributed by atoms with Gasteiger partial charge in [-0.15, -0.1) is 0 Å². The van der Waals surface area contributed by atoms with E-state index in [0.717, 1.165) is 6.54 Å². The Hall–Kier alpha value is -2.03. The number of hydrogen-bond donors (Lipinski definition) is 1. The molecule has 0 aliphatic carbocycles. The van der Waals surface area contributed by atoms with Crippen LogP contribution in [0.3, 0.4) is 0 Å². The van der Waals surface area contributed by atoms with Gasteiger partial charge in [-0.3, -0.25) is 4.98 Å². The third kappa shape index (κ3) is 3.00. The van der Waals surface area contributed by atoms with Crippen molar-refractivity contribution in [3.63, 3.8) is 0 Å². The van der Waals surface area contributed by atoms with Gasteiger partial charge in [-0.25, -0.2) is 0 Å². The fourth-order valence-corrected chi connectivity index (χ4v) is 1.82. The number of pyridine rings is 1. The summed E-state index contributed by atoms with van der Waals surface area (Å²) in [5.41, 5.74) is 4.84. The van der Waals surface area contributed by atoms with Gasteiger partial charge in [-0.1, -0.05) is 6.07 Å². The second-order valence-corrected chi connectivity index (χ2v) is 4.61. The Bertz CT molecular complexity index is 506. The van der Waals surface area contributed by atoms with Crippen LogP contribution in [0.25, 0.3) is 0 Å². The fraction of sp³-hybridized carbons (Fsp3) is 0.267. The fourth-order valence-electron chi connectivity index (χ4n) is 1.82. The predicted molar refractivity (Wildman–Crippen MR) is 77.1 cm³/mol. The van der Waals surface area contributed by atoms with Gasteiger partial charge in [0, 0.05) is 44.4 Å². The molecule has 1 heterocycles. The summed E-state index contributed by atoms with van der Waals surface area (Å²) in [6.07, 6.45) is 3.68. The topological polar surface area (TPSA) is 28.2 Å². The van der Waals surface area contributed by atoms with Crippen LogP contribution < -0.4 is 10.2 Å². The zero-order valence-corrected chi connectivity index (χ0v) is 11.1. The number of aromatic nitrogens is 1. The Balaban J connectivity index is 2.06. The quantitative estimate of drug-likeness (QED) is 0.891. The summed E-state index contributed by atoms with van der Waals surface area (Å²) in [6, 6.07) is 10.5. The van der Waals surface area contributed by atoms with Crippen LogP contribution in [0.4, 0.5) is 11.4 Å². The number of rotatable bonds is 4. The van der Waals surface area contributed by atoms with E-state index in [4.69, 9.17) is 0 Å². The molecule has 3 heteroatoms. The number of nitrogens with zero attached hydrogens (tertiary/aromatic N) is 2. The highest BCUT2D eigenvalue weighted by molar-refractivity contribution is 5.59. The van der Waals surface area contributed by atoms with E-state index in [1.165, 1.54) is 22.5 Å². The molecule has 0 aliphatic heterocycles. The standard InChI is InChI=1S/C15H19N3/c1-12-9-14(18(2)3)6-7-15(12)17-11-13-5-4-8-16-10-13/h4-10,17H,11H2,1-3H3. The molecular weight excluding hydrogens is 222 g/mol. The molecule has 0 aliphatic rings. The Morgan fingerprint density at radius 1 is 1.22 bits per heavy atom. The molecule has 0 spiro atoms. The highest BCUT2D eigenvalue weighted by atomic mass is 15.1. The maximum absolute atomic E-state index is 4.11. The van der Waals surface area contributed by atoms with Crippen molar-refractivity contribution in [2.75, 3.05) is 24.3 Å². The van der Waals surface area contributed by atoms with E-state index in [2.05, 4.69) is 60.5 Å². The molecule has 1 aromatic heterocycles. The Labute approximate surface area is 108 Å². The lowest BCUT2D eigenvalue weighted by Gasteiger charge is -2.16. The zero-order valence-electron chi connectivity index (χ0n) is 11.1. The maximum atomic E-state index is 4.11. The van der Waals surface area contributed by atoms with Crippen molar-refractivity contribution >= 4 is 11.4 Å². The van der Waals surface area contributed by atoms with E-state index in [0.29, 0.717) is 0 Å². The average molecular weight is 241 g/mol. The molecule has 94 valence electrons. The van der Waals surface area contributed by atoms with Crippen LogP contribution in [0.1, 0.15) is 11.1 Å². The van der Waals surface area contributed by atoms with Gasteiger partial charge in [0.2, 0.25) is 0 Å². The van der Waals surface area contributed by atoms with Gasteiger partial charge in [0.25, 0.3) is 0 Å². The number of benzene rings is 1. The largest absolute Gasteiger partial charge is 0.381 e. The average Bonchev–Trinajstić information content (AvgIpc) is 2.38. The van der Waals surface area contributed by atoms with Gasteiger partial charge in [0.1, 0.15) is 0 Å². The Kier molecular flexibility index (Phi) is 3.82. The first-order chi connectivity index (χ1) is 8.66. The lowest BCUT2D eigenvalue weighted by atomic mass is 10.1. The van der Waals surface area contributed by atoms with E-state index in [1.54, 1.807) is 6.20 Å². The molecule has 0 saturated heterocycles. The molecule has 0 atom stereocenters. The predicted octanol–water partition coefficient (Wildman–Crippen LogP) is 3.07. The van der Waals surface area contributed by atoms with Crippen LogP contribution >= 0.6 is 0 Å². The first-order valence-corrected chi connectivity index (χ1v) is 6.07. The third-order valence-electron chi connectivity index (χ3n) is 2.93. The van der Waals surface area contributed by atoms with E-state index in [1.807, 2.05) is 12.3 Å². The van der Waals surface area contributed by atoms with Crippen molar-refractivity contribution in [3.05, 3.63) is 53.9 Å². The van der Waals surface area contributed by atoms with Gasteiger partial charge in [0.15, 0.2) is 0 Å². The molecular formula is C15H19N3. The number of nitrogens with one attached hydrogen (secondary N) is 1. The van der Waals surface area contributed by atoms with Gasteiger partial charge in [-0.05, 0) is 42.3 Å². The maximum Gasteiger partial charge on any atom is 0.0416 e. The van der Waals surface area contributed by atoms with Crippen LogP contribution in [0.5, 0.6) is 0 Å². The second-order valence-electron chi connectivity index (χ2n) is 4.61. The molecule has 0 amide bonds. The summed E-state index contributed by atoms with van der Waals surface area (Å²) in [4.78, 5) is 6.22. The molecule has 1 aromatic carbocycles. The van der Waals surface area contributed by atoms with Crippen molar-refractivity contribution < 1.29 is 0 Å². The Morgan fingerprint density at radius 3 is 2.67 bits per heavy atom. The first-order valence-electron chi connectivity index (χ1n) is 6.07. The van der Waals surface area contributed by atoms with Crippen LogP contribution in [-0.4, -0.2) is 19.1 Å². The smallest absolute Gasteiger partial charge is 0.0416 e. The van der Waals surface area contributed by atoms with E-state index < -0.39 is 0 Å². The summed E-state index contributed by atoms with van der Waals surface area (Å²) in [7, 11) is 4.11. The molecule has 0 fully saturated rings. The normalized spacial score (nSPS) is 10.2. The molecule has 2 rings (SSSR count). The minimum absolute atomic E-state index is 0.802. The van der Waals surface area contributed by atoms with Crippen molar-refractivity contribution in [2.24, 2.45) is 0 Å². The molecule has 2 aromatic rings. The summed E-state index contributed by atoms with van der Waals surface area (Å²) in [5, 5.41) is 3.44. The van der Waals surface area contributed by atoms with E-state index in [9.17, 15) is 0 Å². The molecule has 18 heavy (non-hydrogen) atoms. The molecule has 3 nitrogen and oxygen atoms in total.